The van der Waals surface area contributed by atoms with Crippen molar-refractivity contribution in [3.63, 3.8) is 0 Å². The van der Waals surface area contributed by atoms with Gasteiger partial charge in [-0.15, -0.1) is 0 Å². The molecule has 4 nitrogen and oxygen atoms in total. The van der Waals surface area contributed by atoms with E-state index in [1.165, 1.54) is 0 Å². The van der Waals surface area contributed by atoms with E-state index >= 15 is 0 Å². The summed E-state index contributed by atoms with van der Waals surface area (Å²) in [5.74, 6) is 0.271. The Labute approximate surface area is 166 Å². The van der Waals surface area contributed by atoms with Gasteiger partial charge in [0, 0.05) is 11.1 Å². The number of hydrogen-bond acceptors (Lipinski definition) is 3. The molecule has 0 heterocycles. The SMILES string of the molecule is CCOc1ccc(/C=C(\C#N)C(=O)Nc2cccc3ccccc23)cc1Br. The van der Waals surface area contributed by atoms with Crippen LogP contribution < -0.4 is 10.1 Å². The van der Waals surface area contributed by atoms with Gasteiger partial charge in [-0.1, -0.05) is 42.5 Å². The third-order valence-corrected chi connectivity index (χ3v) is 4.59. The number of nitrogens with zero attached hydrogens (tertiary/aromatic N) is 1. The summed E-state index contributed by atoms with van der Waals surface area (Å²) in [7, 11) is 0. The minimum absolute atomic E-state index is 0.0268. The summed E-state index contributed by atoms with van der Waals surface area (Å²) in [4.78, 5) is 12.6. The van der Waals surface area contributed by atoms with Crippen LogP contribution in [0.15, 0.2) is 70.7 Å². The van der Waals surface area contributed by atoms with Crippen LogP contribution in [0.3, 0.4) is 0 Å². The van der Waals surface area contributed by atoms with Gasteiger partial charge in [0.1, 0.15) is 17.4 Å². The van der Waals surface area contributed by atoms with Crippen molar-refractivity contribution in [1.29, 1.82) is 5.26 Å². The van der Waals surface area contributed by atoms with Crippen LogP contribution in [0.5, 0.6) is 5.75 Å². The highest BCUT2D eigenvalue weighted by Gasteiger charge is 2.12. The summed E-state index contributed by atoms with van der Waals surface area (Å²) in [6.07, 6.45) is 1.56. The summed E-state index contributed by atoms with van der Waals surface area (Å²) in [5, 5.41) is 14.2. The van der Waals surface area contributed by atoms with Crippen molar-refractivity contribution in [1.82, 2.24) is 0 Å². The molecule has 3 rings (SSSR count). The van der Waals surface area contributed by atoms with Crippen LogP contribution in [0, 0.1) is 11.3 Å². The first-order valence-corrected chi connectivity index (χ1v) is 9.25. The van der Waals surface area contributed by atoms with E-state index in [1.807, 2.05) is 61.5 Å². The number of anilines is 1. The topological polar surface area (TPSA) is 62.1 Å². The number of fused-ring (bicyclic) bond motifs is 1. The van der Waals surface area contributed by atoms with E-state index in [0.29, 0.717) is 18.0 Å². The van der Waals surface area contributed by atoms with E-state index in [2.05, 4.69) is 21.2 Å². The Bertz CT molecular complexity index is 1060. The van der Waals surface area contributed by atoms with Gasteiger partial charge in [0.05, 0.1) is 11.1 Å². The minimum Gasteiger partial charge on any atom is -0.493 e. The van der Waals surface area contributed by atoms with Crippen molar-refractivity contribution in [2.24, 2.45) is 0 Å². The second kappa shape index (κ2) is 8.52. The predicted octanol–water partition coefficient (Wildman–Crippen LogP) is 5.55. The number of carbonyl (C=O) groups excluding carboxylic acids is 1. The normalized spacial score (nSPS) is 11.1. The largest absolute Gasteiger partial charge is 0.493 e. The van der Waals surface area contributed by atoms with Crippen molar-refractivity contribution in [3.05, 3.63) is 76.3 Å². The Balaban J connectivity index is 1.87. The van der Waals surface area contributed by atoms with Crippen LogP contribution in [-0.2, 0) is 4.79 Å². The number of nitrogens with one attached hydrogen (secondary N) is 1. The van der Waals surface area contributed by atoms with E-state index in [4.69, 9.17) is 4.74 Å². The maximum atomic E-state index is 12.6. The standard InChI is InChI=1S/C22H17BrN2O2/c1-2-27-21-11-10-15(13-19(21)23)12-17(14-24)22(26)25-20-9-5-7-16-6-3-4-8-18(16)20/h3-13H,2H2,1H3,(H,25,26)/b17-12+. The van der Waals surface area contributed by atoms with E-state index < -0.39 is 5.91 Å². The Kier molecular flexibility index (Phi) is 5.90. The van der Waals surface area contributed by atoms with Gasteiger partial charge < -0.3 is 10.1 Å². The lowest BCUT2D eigenvalue weighted by Gasteiger charge is -2.09. The monoisotopic (exact) mass is 420 g/mol. The molecule has 0 atom stereocenters. The molecule has 1 amide bonds. The van der Waals surface area contributed by atoms with Crippen molar-refractivity contribution in [3.8, 4) is 11.8 Å². The summed E-state index contributed by atoms with van der Waals surface area (Å²) >= 11 is 3.44. The third-order valence-electron chi connectivity index (χ3n) is 3.97. The summed E-state index contributed by atoms with van der Waals surface area (Å²) in [5.41, 5.74) is 1.43. The summed E-state index contributed by atoms with van der Waals surface area (Å²) in [6, 6.07) is 20.8. The van der Waals surface area contributed by atoms with Gasteiger partial charge in [-0.3, -0.25) is 4.79 Å². The molecule has 0 saturated heterocycles. The van der Waals surface area contributed by atoms with Crippen LogP contribution in [-0.4, -0.2) is 12.5 Å². The lowest BCUT2D eigenvalue weighted by molar-refractivity contribution is -0.112. The summed E-state index contributed by atoms with van der Waals surface area (Å²) in [6.45, 7) is 2.47. The maximum Gasteiger partial charge on any atom is 0.266 e. The Morgan fingerprint density at radius 3 is 2.70 bits per heavy atom. The molecule has 0 aromatic heterocycles. The molecule has 0 bridgehead atoms. The minimum atomic E-state index is -0.445. The molecule has 0 radical (unpaired) electrons. The molecular weight excluding hydrogens is 404 g/mol. The van der Waals surface area contributed by atoms with Gasteiger partial charge in [0.2, 0.25) is 0 Å². The molecule has 1 N–H and O–H groups in total. The van der Waals surface area contributed by atoms with Crippen LogP contribution in [0.4, 0.5) is 5.69 Å². The quantitative estimate of drug-likeness (QED) is 0.434. The molecule has 0 spiro atoms. The van der Waals surface area contributed by atoms with Crippen molar-refractivity contribution in [2.45, 2.75) is 6.92 Å². The molecule has 0 aliphatic rings. The van der Waals surface area contributed by atoms with E-state index in [9.17, 15) is 10.1 Å². The zero-order valence-electron chi connectivity index (χ0n) is 14.7. The third kappa shape index (κ3) is 4.36. The summed E-state index contributed by atoms with van der Waals surface area (Å²) < 4.78 is 6.25. The molecule has 0 aliphatic heterocycles. The first kappa shape index (κ1) is 18.7. The highest BCUT2D eigenvalue weighted by Crippen LogP contribution is 2.27. The number of amides is 1. The van der Waals surface area contributed by atoms with E-state index in [1.54, 1.807) is 18.2 Å². The molecule has 0 unspecified atom stereocenters. The fourth-order valence-corrected chi connectivity index (χ4v) is 3.23. The Morgan fingerprint density at radius 2 is 1.96 bits per heavy atom. The molecule has 0 saturated carbocycles. The fourth-order valence-electron chi connectivity index (χ4n) is 2.72. The molecule has 27 heavy (non-hydrogen) atoms. The van der Waals surface area contributed by atoms with Crippen LogP contribution in [0.1, 0.15) is 12.5 Å². The van der Waals surface area contributed by atoms with Crippen LogP contribution >= 0.6 is 15.9 Å². The predicted molar refractivity (Wildman–Crippen MR) is 111 cm³/mol. The van der Waals surface area contributed by atoms with Crippen LogP contribution in [0.2, 0.25) is 0 Å². The molecular formula is C22H17BrN2O2. The van der Waals surface area contributed by atoms with Gasteiger partial charge in [0.15, 0.2) is 0 Å². The zero-order chi connectivity index (χ0) is 19.2. The fraction of sp³-hybridized carbons (Fsp3) is 0.0909. The Hall–Kier alpha value is -3.10. The number of halogens is 1. The molecule has 3 aromatic carbocycles. The van der Waals surface area contributed by atoms with Crippen molar-refractivity contribution >= 4 is 44.4 Å². The van der Waals surface area contributed by atoms with Gasteiger partial charge >= 0.3 is 0 Å². The first-order valence-electron chi connectivity index (χ1n) is 8.45. The number of hydrogen-bond donors (Lipinski definition) is 1. The lowest BCUT2D eigenvalue weighted by atomic mass is 10.1. The van der Waals surface area contributed by atoms with Gasteiger partial charge in [-0.2, -0.15) is 5.26 Å². The van der Waals surface area contributed by atoms with Crippen molar-refractivity contribution < 1.29 is 9.53 Å². The van der Waals surface area contributed by atoms with E-state index in [0.717, 1.165) is 20.8 Å². The number of ether oxygens (including phenoxy) is 1. The smallest absolute Gasteiger partial charge is 0.266 e. The first-order chi connectivity index (χ1) is 13.1. The second-order valence-corrected chi connectivity index (χ2v) is 6.63. The van der Waals surface area contributed by atoms with Crippen molar-refractivity contribution in [2.75, 3.05) is 11.9 Å². The number of rotatable bonds is 5. The van der Waals surface area contributed by atoms with Gasteiger partial charge in [0.25, 0.3) is 5.91 Å². The average molecular weight is 421 g/mol. The van der Waals surface area contributed by atoms with Crippen LogP contribution in [0.25, 0.3) is 16.8 Å². The second-order valence-electron chi connectivity index (χ2n) is 5.77. The highest BCUT2D eigenvalue weighted by atomic mass is 79.9. The molecule has 134 valence electrons. The zero-order valence-corrected chi connectivity index (χ0v) is 16.3. The molecule has 5 heteroatoms. The van der Waals surface area contributed by atoms with Gasteiger partial charge in [-0.05, 0) is 58.1 Å². The average Bonchev–Trinajstić information content (AvgIpc) is 2.68. The van der Waals surface area contributed by atoms with Gasteiger partial charge in [-0.25, -0.2) is 0 Å². The maximum absolute atomic E-state index is 12.6. The molecule has 0 aliphatic carbocycles. The van der Waals surface area contributed by atoms with E-state index in [-0.39, 0.29) is 5.57 Å². The molecule has 3 aromatic rings. The number of benzene rings is 3. The Morgan fingerprint density at radius 1 is 1.19 bits per heavy atom. The highest BCUT2D eigenvalue weighted by molar-refractivity contribution is 9.10. The number of nitriles is 1. The lowest BCUT2D eigenvalue weighted by Crippen LogP contribution is -2.13. The molecule has 0 fully saturated rings. The number of carbonyl (C=O) groups is 1.